The predicted molar refractivity (Wildman–Crippen MR) is 146 cm³/mol. The Hall–Kier alpha value is -4.16. The minimum Gasteiger partial charge on any atom is -0.356 e. The van der Waals surface area contributed by atoms with E-state index >= 15 is 0 Å². The second-order valence-corrected chi connectivity index (χ2v) is 9.61. The third kappa shape index (κ3) is 4.45. The Morgan fingerprint density at radius 1 is 1.22 bits per heavy atom. The predicted octanol–water partition coefficient (Wildman–Crippen LogP) is 2.45. The second kappa shape index (κ2) is 10.1. The number of amides is 1. The molecular weight excluding hydrogens is 466 g/mol. The van der Waals surface area contributed by atoms with Crippen LogP contribution < -0.4 is 16.2 Å². The van der Waals surface area contributed by atoms with Crippen LogP contribution in [0.3, 0.4) is 0 Å². The van der Waals surface area contributed by atoms with Crippen molar-refractivity contribution in [3.05, 3.63) is 64.5 Å². The number of nitrogens with two attached hydrogens (primary N) is 1. The lowest BCUT2D eigenvalue weighted by atomic mass is 10.1. The number of rotatable bonds is 5. The van der Waals surface area contributed by atoms with Crippen LogP contribution in [0.1, 0.15) is 35.8 Å². The molecule has 1 fully saturated rings. The van der Waals surface area contributed by atoms with E-state index in [0.717, 1.165) is 35.9 Å². The van der Waals surface area contributed by atoms with Crippen molar-refractivity contribution >= 4 is 33.5 Å². The molecule has 0 unspecified atom stereocenters. The fraction of sp³-hybridized carbons (Fsp3) is 0.357. The number of pyridine rings is 1. The molecule has 9 nitrogen and oxygen atoms in total. The normalized spacial score (nSPS) is 15.6. The van der Waals surface area contributed by atoms with E-state index in [2.05, 4.69) is 26.7 Å². The van der Waals surface area contributed by atoms with Crippen LogP contribution in [0.2, 0.25) is 0 Å². The molecule has 4 aromatic rings. The van der Waals surface area contributed by atoms with Gasteiger partial charge in [0, 0.05) is 44.8 Å². The summed E-state index contributed by atoms with van der Waals surface area (Å²) >= 11 is 0. The van der Waals surface area contributed by atoms with Gasteiger partial charge in [0.05, 0.1) is 25.1 Å². The zero-order valence-electron chi connectivity index (χ0n) is 21.4. The molecule has 1 aromatic carbocycles. The van der Waals surface area contributed by atoms with E-state index in [1.807, 2.05) is 34.9 Å². The molecule has 5 rings (SSSR count). The molecular formula is C28H31N7O2. The van der Waals surface area contributed by atoms with Gasteiger partial charge in [-0.1, -0.05) is 30.2 Å². The minimum absolute atomic E-state index is 0.0122. The maximum atomic E-state index is 14.0. The number of carbonyl (C=O) groups excluding carboxylic acids is 1. The number of hydrogen-bond acceptors (Lipinski definition) is 6. The van der Waals surface area contributed by atoms with E-state index in [0.29, 0.717) is 29.0 Å². The third-order valence-corrected chi connectivity index (χ3v) is 6.87. The summed E-state index contributed by atoms with van der Waals surface area (Å²) in [6, 6.07) is 9.90. The first-order valence-electron chi connectivity index (χ1n) is 12.5. The summed E-state index contributed by atoms with van der Waals surface area (Å²) in [5.41, 5.74) is 8.02. The summed E-state index contributed by atoms with van der Waals surface area (Å²) in [4.78, 5) is 40.4. The van der Waals surface area contributed by atoms with Gasteiger partial charge in [-0.25, -0.2) is 4.98 Å². The zero-order valence-corrected chi connectivity index (χ0v) is 21.4. The Morgan fingerprint density at radius 3 is 2.78 bits per heavy atom. The number of hydrogen-bond donors (Lipinski definition) is 1. The quantitative estimate of drug-likeness (QED) is 0.425. The van der Waals surface area contributed by atoms with Crippen molar-refractivity contribution < 1.29 is 4.79 Å². The molecule has 190 valence electrons. The molecule has 1 aliphatic rings. The summed E-state index contributed by atoms with van der Waals surface area (Å²) in [5, 5.41) is 2.04. The molecule has 0 aliphatic carbocycles. The molecule has 0 spiro atoms. The van der Waals surface area contributed by atoms with Crippen molar-refractivity contribution in [2.75, 3.05) is 32.1 Å². The van der Waals surface area contributed by atoms with Crippen LogP contribution in [0.25, 0.3) is 21.8 Å². The fourth-order valence-corrected chi connectivity index (χ4v) is 5.10. The number of carbonyl (C=O) groups is 1. The first-order valence-corrected chi connectivity index (χ1v) is 12.5. The van der Waals surface area contributed by atoms with Gasteiger partial charge >= 0.3 is 0 Å². The van der Waals surface area contributed by atoms with Gasteiger partial charge in [0.15, 0.2) is 0 Å². The molecule has 4 heterocycles. The smallest absolute Gasteiger partial charge is 0.278 e. The highest BCUT2D eigenvalue weighted by molar-refractivity contribution is 6.10. The van der Waals surface area contributed by atoms with E-state index in [1.54, 1.807) is 31.8 Å². The highest BCUT2D eigenvalue weighted by atomic mass is 16.2. The highest BCUT2D eigenvalue weighted by Crippen LogP contribution is 2.33. The molecule has 2 N–H and O–H groups in total. The molecule has 37 heavy (non-hydrogen) atoms. The topological polar surface area (TPSA) is 102 Å². The Labute approximate surface area is 215 Å². The molecule has 3 aromatic heterocycles. The summed E-state index contributed by atoms with van der Waals surface area (Å²) < 4.78 is 3.41. The minimum atomic E-state index is -0.238. The summed E-state index contributed by atoms with van der Waals surface area (Å²) in [6.07, 6.45) is 5.09. The van der Waals surface area contributed by atoms with Crippen molar-refractivity contribution in [2.45, 2.75) is 38.9 Å². The first-order chi connectivity index (χ1) is 17.9. The number of anilines is 1. The van der Waals surface area contributed by atoms with E-state index in [9.17, 15) is 9.59 Å². The fourth-order valence-electron chi connectivity index (χ4n) is 5.10. The van der Waals surface area contributed by atoms with Crippen molar-refractivity contribution in [1.29, 1.82) is 0 Å². The lowest BCUT2D eigenvalue weighted by molar-refractivity contribution is 0.0829. The maximum Gasteiger partial charge on any atom is 0.278 e. The van der Waals surface area contributed by atoms with E-state index in [-0.39, 0.29) is 30.6 Å². The second-order valence-electron chi connectivity index (χ2n) is 9.61. The Morgan fingerprint density at radius 2 is 2.03 bits per heavy atom. The SMILES string of the molecule is CC#CCn1c(N2CCC[C@H](N)C2)c(C(=O)N(C)C)c2ncn(Cc3nccc4ccccc34)c(=O)c21. The number of piperidine rings is 1. The van der Waals surface area contributed by atoms with Crippen LogP contribution in [-0.4, -0.2) is 63.1 Å². The van der Waals surface area contributed by atoms with E-state index < -0.39 is 0 Å². The molecule has 1 aliphatic heterocycles. The van der Waals surface area contributed by atoms with Crippen molar-refractivity contribution in [3.63, 3.8) is 0 Å². The van der Waals surface area contributed by atoms with Gasteiger partial charge < -0.3 is 20.1 Å². The van der Waals surface area contributed by atoms with E-state index in [1.165, 1.54) is 11.2 Å². The van der Waals surface area contributed by atoms with Gasteiger partial charge in [0.25, 0.3) is 11.5 Å². The van der Waals surface area contributed by atoms with Crippen LogP contribution in [0.4, 0.5) is 5.82 Å². The van der Waals surface area contributed by atoms with Crippen LogP contribution in [0.15, 0.2) is 47.7 Å². The van der Waals surface area contributed by atoms with Crippen LogP contribution >= 0.6 is 0 Å². The maximum absolute atomic E-state index is 14.0. The molecule has 9 heteroatoms. The van der Waals surface area contributed by atoms with E-state index in [4.69, 9.17) is 5.73 Å². The Balaban J connectivity index is 1.74. The standard InChI is InChI=1S/C28H31N7O2/c1-4-5-15-35-25-24(23(27(36)32(2)3)26(35)33-14-8-10-20(29)16-33)31-18-34(28(25)37)17-22-21-11-7-6-9-19(21)12-13-30-22/h6-7,9,11-13,18,20H,8,10,14-17,29H2,1-3H3/t20-/m0/s1. The van der Waals surface area contributed by atoms with Gasteiger partial charge in [-0.3, -0.25) is 19.1 Å². The molecule has 1 atom stereocenters. The number of aromatic nitrogens is 4. The lowest BCUT2D eigenvalue weighted by Crippen LogP contribution is -2.44. The third-order valence-electron chi connectivity index (χ3n) is 6.87. The molecule has 0 radical (unpaired) electrons. The highest BCUT2D eigenvalue weighted by Gasteiger charge is 2.32. The Kier molecular flexibility index (Phi) is 6.68. The summed E-state index contributed by atoms with van der Waals surface area (Å²) in [5.74, 6) is 6.48. The number of fused-ring (bicyclic) bond motifs is 2. The van der Waals surface area contributed by atoms with Crippen molar-refractivity contribution in [1.82, 2.24) is 24.0 Å². The van der Waals surface area contributed by atoms with Crippen molar-refractivity contribution in [2.24, 2.45) is 5.73 Å². The number of nitrogens with zero attached hydrogens (tertiary/aromatic N) is 6. The Bertz CT molecular complexity index is 1600. The van der Waals surface area contributed by atoms with Crippen LogP contribution in [0, 0.1) is 11.8 Å². The molecule has 0 saturated carbocycles. The monoisotopic (exact) mass is 497 g/mol. The largest absolute Gasteiger partial charge is 0.356 e. The molecule has 1 amide bonds. The van der Waals surface area contributed by atoms with Gasteiger partial charge in [-0.05, 0) is 31.2 Å². The molecule has 1 saturated heterocycles. The zero-order chi connectivity index (χ0) is 26.1. The average molecular weight is 498 g/mol. The van der Waals surface area contributed by atoms with Gasteiger partial charge in [0.2, 0.25) is 0 Å². The van der Waals surface area contributed by atoms with Crippen LogP contribution in [0.5, 0.6) is 0 Å². The van der Waals surface area contributed by atoms with Crippen LogP contribution in [-0.2, 0) is 13.1 Å². The first kappa shape index (κ1) is 24.5. The van der Waals surface area contributed by atoms with Crippen molar-refractivity contribution in [3.8, 4) is 11.8 Å². The lowest BCUT2D eigenvalue weighted by Gasteiger charge is -2.33. The number of benzene rings is 1. The average Bonchev–Trinajstić information content (AvgIpc) is 3.23. The summed E-state index contributed by atoms with van der Waals surface area (Å²) in [6.45, 7) is 3.62. The summed E-state index contributed by atoms with van der Waals surface area (Å²) in [7, 11) is 3.41. The molecule has 0 bridgehead atoms. The van der Waals surface area contributed by atoms with Gasteiger partial charge in [-0.15, -0.1) is 5.92 Å². The van der Waals surface area contributed by atoms with Gasteiger partial charge in [-0.2, -0.15) is 0 Å². The van der Waals surface area contributed by atoms with Gasteiger partial charge in [0.1, 0.15) is 22.4 Å².